The minimum absolute atomic E-state index is 0.0774. The van der Waals surface area contributed by atoms with E-state index in [9.17, 15) is 28.6 Å². The fourth-order valence-electron chi connectivity index (χ4n) is 4.49. The van der Waals surface area contributed by atoms with Crippen LogP contribution in [0.2, 0.25) is 0 Å². The van der Waals surface area contributed by atoms with E-state index in [1.807, 2.05) is 17.0 Å². The van der Waals surface area contributed by atoms with Crippen molar-refractivity contribution in [2.45, 2.75) is 11.8 Å². The summed E-state index contributed by atoms with van der Waals surface area (Å²) in [5.74, 6) is 1.34. The van der Waals surface area contributed by atoms with Crippen LogP contribution in [0.5, 0.6) is 0 Å². The Labute approximate surface area is 213 Å². The van der Waals surface area contributed by atoms with Crippen LogP contribution < -0.4 is 9.80 Å². The Balaban J connectivity index is 1.42. The Morgan fingerprint density at radius 2 is 1.32 bits per heavy atom. The normalized spacial score (nSPS) is 17.7. The SMILES string of the molecule is Cc1c([N+](=O)[O-])cc(S(=O)(=O)N2CCN(c3ccc(N4CCN(CCO)CC4)nn3)CC2)cc1[N+](=O)[O-]. The van der Waals surface area contributed by atoms with Crippen LogP contribution in [-0.4, -0.2) is 108 Å². The second kappa shape index (κ2) is 10.9. The molecular weight excluding hydrogens is 508 g/mol. The lowest BCUT2D eigenvalue weighted by molar-refractivity contribution is -0.395. The van der Waals surface area contributed by atoms with E-state index in [0.29, 0.717) is 25.5 Å². The molecule has 2 fully saturated rings. The van der Waals surface area contributed by atoms with Gasteiger partial charge < -0.3 is 14.9 Å². The van der Waals surface area contributed by atoms with E-state index in [1.54, 1.807) is 0 Å². The molecule has 2 aliphatic rings. The van der Waals surface area contributed by atoms with E-state index in [-0.39, 0.29) is 25.3 Å². The molecule has 0 aliphatic carbocycles. The van der Waals surface area contributed by atoms with Crippen molar-refractivity contribution in [3.05, 3.63) is 50.1 Å². The Kier molecular flexibility index (Phi) is 7.82. The number of sulfonamides is 1. The fourth-order valence-corrected chi connectivity index (χ4v) is 5.95. The summed E-state index contributed by atoms with van der Waals surface area (Å²) in [7, 11) is -4.19. The molecule has 1 N–H and O–H groups in total. The number of nitrogens with zero attached hydrogens (tertiary/aromatic N) is 8. The molecule has 200 valence electrons. The van der Waals surface area contributed by atoms with Crippen LogP contribution in [0.4, 0.5) is 23.0 Å². The fraction of sp³-hybridized carbons (Fsp3) is 0.524. The van der Waals surface area contributed by atoms with Crippen LogP contribution in [0.15, 0.2) is 29.2 Å². The predicted octanol–water partition coefficient (Wildman–Crippen LogP) is 0.227. The minimum Gasteiger partial charge on any atom is -0.395 e. The average Bonchev–Trinajstić information content (AvgIpc) is 2.89. The van der Waals surface area contributed by atoms with Crippen molar-refractivity contribution in [1.29, 1.82) is 0 Å². The topological polar surface area (TPSA) is 179 Å². The Morgan fingerprint density at radius 1 is 0.865 bits per heavy atom. The first-order valence-electron chi connectivity index (χ1n) is 11.7. The van der Waals surface area contributed by atoms with Gasteiger partial charge in [-0.25, -0.2) is 8.42 Å². The standard InChI is InChI=1S/C21H28N8O7S/c1-16-18(28(31)32)14-17(15-19(16)29(33)34)37(35,36)27-10-8-26(9-11-27)21-3-2-20(22-23-21)25-6-4-24(5-7-25)12-13-30/h2-3,14-15,30H,4-13H2,1H3. The summed E-state index contributed by atoms with van der Waals surface area (Å²) in [6, 6.07) is 5.45. The molecule has 0 bridgehead atoms. The predicted molar refractivity (Wildman–Crippen MR) is 133 cm³/mol. The smallest absolute Gasteiger partial charge is 0.280 e. The zero-order chi connectivity index (χ0) is 26.7. The lowest BCUT2D eigenvalue weighted by atomic mass is 10.1. The van der Waals surface area contributed by atoms with Crippen LogP contribution in [0, 0.1) is 27.2 Å². The lowest BCUT2D eigenvalue weighted by Gasteiger charge is -2.36. The molecule has 0 spiro atoms. The van der Waals surface area contributed by atoms with Gasteiger partial charge in [0.1, 0.15) is 5.56 Å². The maximum absolute atomic E-state index is 13.2. The van der Waals surface area contributed by atoms with Crippen LogP contribution in [0.25, 0.3) is 0 Å². The van der Waals surface area contributed by atoms with Gasteiger partial charge in [-0.05, 0) is 19.1 Å². The number of benzene rings is 1. The number of anilines is 2. The highest BCUT2D eigenvalue weighted by Crippen LogP contribution is 2.33. The molecular formula is C21H28N8O7S. The largest absolute Gasteiger partial charge is 0.395 e. The van der Waals surface area contributed by atoms with Gasteiger partial charge in [0.25, 0.3) is 11.4 Å². The molecule has 1 aromatic heterocycles. The highest BCUT2D eigenvalue weighted by molar-refractivity contribution is 7.89. The van der Waals surface area contributed by atoms with E-state index in [0.717, 1.165) is 48.4 Å². The number of nitro groups is 2. The van der Waals surface area contributed by atoms with Gasteiger partial charge >= 0.3 is 0 Å². The number of hydrogen-bond donors (Lipinski definition) is 1. The van der Waals surface area contributed by atoms with Crippen molar-refractivity contribution in [1.82, 2.24) is 19.4 Å². The first-order chi connectivity index (χ1) is 17.6. The number of piperazine rings is 2. The zero-order valence-corrected chi connectivity index (χ0v) is 21.1. The number of aliphatic hydroxyl groups is 1. The molecule has 0 saturated carbocycles. The molecule has 1 aromatic carbocycles. The summed E-state index contributed by atoms with van der Waals surface area (Å²) >= 11 is 0. The molecule has 2 aromatic rings. The van der Waals surface area contributed by atoms with Gasteiger partial charge in [0, 0.05) is 71.0 Å². The second-order valence-corrected chi connectivity index (χ2v) is 10.7. The van der Waals surface area contributed by atoms with E-state index in [4.69, 9.17) is 5.11 Å². The summed E-state index contributed by atoms with van der Waals surface area (Å²) in [5.41, 5.74) is -1.43. The van der Waals surface area contributed by atoms with E-state index < -0.39 is 36.1 Å². The summed E-state index contributed by atoms with van der Waals surface area (Å²) < 4.78 is 27.5. The van der Waals surface area contributed by atoms with Crippen molar-refractivity contribution in [2.75, 3.05) is 75.3 Å². The Bertz CT molecular complexity index is 1220. The number of β-amino-alcohol motifs (C(OH)–C–C–N with tert-alkyl or cyclic N) is 1. The van der Waals surface area contributed by atoms with Crippen molar-refractivity contribution >= 4 is 33.0 Å². The molecule has 2 saturated heterocycles. The molecule has 4 rings (SSSR count). The highest BCUT2D eigenvalue weighted by Gasteiger charge is 2.33. The second-order valence-electron chi connectivity index (χ2n) is 8.79. The number of hydrogen-bond acceptors (Lipinski definition) is 12. The van der Waals surface area contributed by atoms with Crippen molar-refractivity contribution in [3.63, 3.8) is 0 Å². The lowest BCUT2D eigenvalue weighted by Crippen LogP contribution is -2.49. The summed E-state index contributed by atoms with van der Waals surface area (Å²) in [4.78, 5) is 26.8. The molecule has 0 unspecified atom stereocenters. The minimum atomic E-state index is -4.19. The third kappa shape index (κ3) is 5.61. The van der Waals surface area contributed by atoms with Crippen molar-refractivity contribution in [2.24, 2.45) is 0 Å². The molecule has 37 heavy (non-hydrogen) atoms. The maximum Gasteiger partial charge on any atom is 0.280 e. The molecule has 3 heterocycles. The summed E-state index contributed by atoms with van der Waals surface area (Å²) in [6.45, 7) is 5.98. The molecule has 16 heteroatoms. The summed E-state index contributed by atoms with van der Waals surface area (Å²) in [5, 5.41) is 40.4. The molecule has 0 radical (unpaired) electrons. The average molecular weight is 537 g/mol. The number of aromatic nitrogens is 2. The number of nitro benzene ring substituents is 2. The molecule has 0 amide bonds. The van der Waals surface area contributed by atoms with Gasteiger partial charge in [-0.15, -0.1) is 10.2 Å². The first kappa shape index (κ1) is 26.6. The van der Waals surface area contributed by atoms with Gasteiger partial charge in [0.05, 0.1) is 21.3 Å². The Hall–Kier alpha value is -3.47. The van der Waals surface area contributed by atoms with Crippen LogP contribution in [0.3, 0.4) is 0 Å². The van der Waals surface area contributed by atoms with Gasteiger partial charge in [-0.3, -0.25) is 25.1 Å². The third-order valence-corrected chi connectivity index (χ3v) is 8.55. The van der Waals surface area contributed by atoms with Gasteiger partial charge in [-0.1, -0.05) is 0 Å². The number of aliphatic hydroxyl groups excluding tert-OH is 1. The molecule has 0 atom stereocenters. The molecule has 15 nitrogen and oxygen atoms in total. The van der Waals surface area contributed by atoms with Gasteiger partial charge in [0.15, 0.2) is 11.6 Å². The maximum atomic E-state index is 13.2. The number of rotatable bonds is 8. The van der Waals surface area contributed by atoms with Crippen molar-refractivity contribution in [3.8, 4) is 0 Å². The van der Waals surface area contributed by atoms with Crippen LogP contribution in [0.1, 0.15) is 5.56 Å². The quantitative estimate of drug-likeness (QED) is 0.359. The highest BCUT2D eigenvalue weighted by atomic mass is 32.2. The van der Waals surface area contributed by atoms with E-state index >= 15 is 0 Å². The Morgan fingerprint density at radius 3 is 1.73 bits per heavy atom. The van der Waals surface area contributed by atoms with Gasteiger partial charge in [-0.2, -0.15) is 4.31 Å². The molecule has 2 aliphatic heterocycles. The monoisotopic (exact) mass is 536 g/mol. The van der Waals surface area contributed by atoms with E-state index in [1.165, 1.54) is 6.92 Å². The van der Waals surface area contributed by atoms with E-state index in [2.05, 4.69) is 20.0 Å². The third-order valence-electron chi connectivity index (χ3n) is 6.67. The zero-order valence-electron chi connectivity index (χ0n) is 20.3. The van der Waals surface area contributed by atoms with Crippen LogP contribution >= 0.6 is 0 Å². The summed E-state index contributed by atoms with van der Waals surface area (Å²) in [6.07, 6.45) is 0. The van der Waals surface area contributed by atoms with Gasteiger partial charge in [0.2, 0.25) is 10.0 Å². The van der Waals surface area contributed by atoms with Crippen LogP contribution in [-0.2, 0) is 10.0 Å². The van der Waals surface area contributed by atoms with Crippen molar-refractivity contribution < 1.29 is 23.4 Å². The first-order valence-corrected chi connectivity index (χ1v) is 13.2.